The van der Waals surface area contributed by atoms with Crippen molar-refractivity contribution in [2.24, 2.45) is 11.1 Å². The van der Waals surface area contributed by atoms with Gasteiger partial charge in [-0.05, 0) is 30.7 Å². The molecule has 1 aliphatic rings. The Hall–Kier alpha value is -1.36. The van der Waals surface area contributed by atoms with Crippen molar-refractivity contribution >= 4 is 23.3 Å². The van der Waals surface area contributed by atoms with E-state index in [1.54, 1.807) is 0 Å². The Labute approximate surface area is 105 Å². The minimum absolute atomic E-state index is 0.168. The van der Waals surface area contributed by atoms with E-state index in [-0.39, 0.29) is 10.7 Å². The predicted octanol–water partition coefficient (Wildman–Crippen LogP) is 1.83. The van der Waals surface area contributed by atoms with Crippen molar-refractivity contribution in [3.63, 3.8) is 0 Å². The van der Waals surface area contributed by atoms with Crippen LogP contribution < -0.4 is 11.1 Å². The number of hydrogen-bond acceptors (Lipinski definition) is 4. The first kappa shape index (κ1) is 12.1. The van der Waals surface area contributed by atoms with E-state index in [0.717, 1.165) is 13.0 Å². The zero-order valence-electron chi connectivity index (χ0n) is 9.66. The SMILES string of the molecule is CCC1(CNc2nnc(Cl)cc2C(N)=O)CC1. The Kier molecular flexibility index (Phi) is 3.19. The quantitative estimate of drug-likeness (QED) is 0.840. The van der Waals surface area contributed by atoms with Gasteiger partial charge in [0.2, 0.25) is 0 Å². The maximum Gasteiger partial charge on any atom is 0.252 e. The number of anilines is 1. The molecule has 0 saturated heterocycles. The molecule has 17 heavy (non-hydrogen) atoms. The highest BCUT2D eigenvalue weighted by Gasteiger charge is 2.40. The number of hydrogen-bond donors (Lipinski definition) is 2. The topological polar surface area (TPSA) is 80.9 Å². The lowest BCUT2D eigenvalue weighted by Crippen LogP contribution is -2.20. The van der Waals surface area contributed by atoms with Crippen LogP contribution in [0.5, 0.6) is 0 Å². The first-order valence-electron chi connectivity index (χ1n) is 5.63. The molecule has 2 rings (SSSR count). The van der Waals surface area contributed by atoms with Crippen LogP contribution in [0, 0.1) is 5.41 Å². The van der Waals surface area contributed by atoms with Gasteiger partial charge in [0.25, 0.3) is 5.91 Å². The average Bonchev–Trinajstić information content (AvgIpc) is 3.08. The summed E-state index contributed by atoms with van der Waals surface area (Å²) < 4.78 is 0. The van der Waals surface area contributed by atoms with Crippen LogP contribution in [0.3, 0.4) is 0 Å². The van der Waals surface area contributed by atoms with Gasteiger partial charge in [-0.15, -0.1) is 10.2 Å². The van der Waals surface area contributed by atoms with Crippen molar-refractivity contribution < 1.29 is 4.79 Å². The molecule has 6 heteroatoms. The highest BCUT2D eigenvalue weighted by molar-refractivity contribution is 6.29. The largest absolute Gasteiger partial charge is 0.367 e. The molecule has 0 atom stereocenters. The summed E-state index contributed by atoms with van der Waals surface area (Å²) in [5.74, 6) is -0.132. The van der Waals surface area contributed by atoms with Crippen LogP contribution in [0.25, 0.3) is 0 Å². The van der Waals surface area contributed by atoms with Crippen LogP contribution in [0.1, 0.15) is 36.5 Å². The van der Waals surface area contributed by atoms with E-state index in [0.29, 0.717) is 11.2 Å². The second kappa shape index (κ2) is 4.49. The summed E-state index contributed by atoms with van der Waals surface area (Å²) in [6.45, 7) is 2.96. The molecular weight excluding hydrogens is 240 g/mol. The van der Waals surface area contributed by atoms with Crippen molar-refractivity contribution in [1.29, 1.82) is 0 Å². The van der Waals surface area contributed by atoms with Gasteiger partial charge in [0.1, 0.15) is 0 Å². The molecule has 1 aromatic rings. The van der Waals surface area contributed by atoms with E-state index in [2.05, 4.69) is 22.4 Å². The van der Waals surface area contributed by atoms with Gasteiger partial charge in [-0.2, -0.15) is 0 Å². The van der Waals surface area contributed by atoms with Crippen LogP contribution in [-0.2, 0) is 0 Å². The molecule has 5 nitrogen and oxygen atoms in total. The summed E-state index contributed by atoms with van der Waals surface area (Å²) in [7, 11) is 0. The number of rotatable bonds is 5. The number of carbonyl (C=O) groups is 1. The Morgan fingerprint density at radius 3 is 2.82 bits per heavy atom. The van der Waals surface area contributed by atoms with Gasteiger partial charge in [0.15, 0.2) is 11.0 Å². The van der Waals surface area contributed by atoms with Gasteiger partial charge in [-0.1, -0.05) is 18.5 Å². The lowest BCUT2D eigenvalue weighted by Gasteiger charge is -2.14. The molecule has 1 fully saturated rings. The van der Waals surface area contributed by atoms with E-state index in [9.17, 15) is 4.79 Å². The summed E-state index contributed by atoms with van der Waals surface area (Å²) in [5, 5.41) is 10.9. The molecule has 0 aromatic carbocycles. The molecule has 92 valence electrons. The molecule has 0 bridgehead atoms. The smallest absolute Gasteiger partial charge is 0.252 e. The molecule has 1 saturated carbocycles. The van der Waals surface area contributed by atoms with Gasteiger partial charge in [-0.25, -0.2) is 0 Å². The highest BCUT2D eigenvalue weighted by atomic mass is 35.5. The molecule has 0 radical (unpaired) electrons. The monoisotopic (exact) mass is 254 g/mol. The molecule has 0 unspecified atom stereocenters. The van der Waals surface area contributed by atoms with Gasteiger partial charge in [0, 0.05) is 6.54 Å². The number of amides is 1. The Bertz CT molecular complexity index is 445. The normalized spacial score (nSPS) is 16.6. The maximum absolute atomic E-state index is 11.2. The summed E-state index contributed by atoms with van der Waals surface area (Å²) in [6, 6.07) is 1.44. The highest BCUT2D eigenvalue weighted by Crippen LogP contribution is 2.48. The van der Waals surface area contributed by atoms with E-state index >= 15 is 0 Å². The Morgan fingerprint density at radius 2 is 2.29 bits per heavy atom. The fourth-order valence-electron chi connectivity index (χ4n) is 1.79. The van der Waals surface area contributed by atoms with Crippen molar-refractivity contribution in [1.82, 2.24) is 10.2 Å². The second-order valence-electron chi connectivity index (χ2n) is 4.50. The molecule has 1 aliphatic carbocycles. The summed E-state index contributed by atoms with van der Waals surface area (Å²) in [6.07, 6.45) is 3.54. The molecular formula is C11H15ClN4O. The fraction of sp³-hybridized carbons (Fsp3) is 0.545. The zero-order valence-corrected chi connectivity index (χ0v) is 10.4. The van der Waals surface area contributed by atoms with Crippen LogP contribution in [-0.4, -0.2) is 22.6 Å². The minimum Gasteiger partial charge on any atom is -0.367 e. The third kappa shape index (κ3) is 2.66. The van der Waals surface area contributed by atoms with Crippen molar-refractivity contribution in [3.05, 3.63) is 16.8 Å². The first-order valence-corrected chi connectivity index (χ1v) is 6.01. The lowest BCUT2D eigenvalue weighted by atomic mass is 10.0. The van der Waals surface area contributed by atoms with Crippen LogP contribution in [0.4, 0.5) is 5.82 Å². The molecule has 1 heterocycles. The second-order valence-corrected chi connectivity index (χ2v) is 4.89. The number of primary amides is 1. The van der Waals surface area contributed by atoms with Gasteiger partial charge < -0.3 is 11.1 Å². The number of halogens is 1. The zero-order chi connectivity index (χ0) is 12.5. The summed E-state index contributed by atoms with van der Waals surface area (Å²) >= 11 is 5.68. The number of aromatic nitrogens is 2. The fourth-order valence-corrected chi connectivity index (χ4v) is 1.94. The third-order valence-corrected chi connectivity index (χ3v) is 3.55. The number of nitrogens with two attached hydrogens (primary N) is 1. The van der Waals surface area contributed by atoms with Crippen molar-refractivity contribution in [3.8, 4) is 0 Å². The molecule has 1 aromatic heterocycles. The molecule has 0 spiro atoms. The van der Waals surface area contributed by atoms with Crippen molar-refractivity contribution in [2.45, 2.75) is 26.2 Å². The van der Waals surface area contributed by atoms with Crippen LogP contribution >= 0.6 is 11.6 Å². The summed E-state index contributed by atoms with van der Waals surface area (Å²) in [4.78, 5) is 11.2. The standard InChI is InChI=1S/C11H15ClN4O/c1-2-11(3-4-11)6-14-10-7(9(13)17)5-8(12)15-16-10/h5H,2-4,6H2,1H3,(H2,13,17)(H,14,16). The predicted molar refractivity (Wildman–Crippen MR) is 66.0 cm³/mol. The Morgan fingerprint density at radius 1 is 1.59 bits per heavy atom. The van der Waals surface area contributed by atoms with E-state index < -0.39 is 5.91 Å². The van der Waals surface area contributed by atoms with E-state index in [4.69, 9.17) is 17.3 Å². The van der Waals surface area contributed by atoms with E-state index in [1.807, 2.05) is 0 Å². The van der Waals surface area contributed by atoms with Crippen molar-refractivity contribution in [2.75, 3.05) is 11.9 Å². The number of nitrogens with one attached hydrogen (secondary N) is 1. The van der Waals surface area contributed by atoms with Crippen LogP contribution in [0.15, 0.2) is 6.07 Å². The lowest BCUT2D eigenvalue weighted by molar-refractivity contribution is 0.100. The van der Waals surface area contributed by atoms with Gasteiger partial charge in [0.05, 0.1) is 5.56 Å². The maximum atomic E-state index is 11.2. The van der Waals surface area contributed by atoms with Crippen LogP contribution in [0.2, 0.25) is 5.15 Å². The van der Waals surface area contributed by atoms with Gasteiger partial charge >= 0.3 is 0 Å². The third-order valence-electron chi connectivity index (χ3n) is 3.37. The van der Waals surface area contributed by atoms with E-state index in [1.165, 1.54) is 18.9 Å². The number of nitrogens with zero attached hydrogens (tertiary/aromatic N) is 2. The minimum atomic E-state index is -0.550. The molecule has 0 aliphatic heterocycles. The van der Waals surface area contributed by atoms with Gasteiger partial charge in [-0.3, -0.25) is 4.79 Å². The average molecular weight is 255 g/mol. The summed E-state index contributed by atoms with van der Waals surface area (Å²) in [5.41, 5.74) is 5.91. The number of carbonyl (C=O) groups excluding carboxylic acids is 1. The molecule has 3 N–H and O–H groups in total. The Balaban J connectivity index is 2.12. The molecule has 1 amide bonds. The first-order chi connectivity index (χ1) is 8.06.